The van der Waals surface area contributed by atoms with E-state index in [1.807, 2.05) is 49.4 Å². The summed E-state index contributed by atoms with van der Waals surface area (Å²) in [7, 11) is 4.07. The van der Waals surface area contributed by atoms with Crippen LogP contribution in [0.2, 0.25) is 0 Å². The number of nitrogens with zero attached hydrogens (tertiary/aromatic N) is 1. The summed E-state index contributed by atoms with van der Waals surface area (Å²) in [6.07, 6.45) is 1.99. The van der Waals surface area contributed by atoms with E-state index in [1.54, 1.807) is 0 Å². The summed E-state index contributed by atoms with van der Waals surface area (Å²) in [5, 5.41) is 0. The Morgan fingerprint density at radius 1 is 1.27 bits per heavy atom. The van der Waals surface area contributed by atoms with Gasteiger partial charge in [-0.15, -0.1) is 0 Å². The van der Waals surface area contributed by atoms with E-state index in [0.29, 0.717) is 0 Å². The Balaban J connectivity index is 2.42. The molecule has 0 fully saturated rings. The highest BCUT2D eigenvalue weighted by molar-refractivity contribution is 9.11. The van der Waals surface area contributed by atoms with E-state index in [4.69, 9.17) is 4.74 Å². The zero-order valence-corrected chi connectivity index (χ0v) is 10.7. The lowest BCUT2D eigenvalue weighted by molar-refractivity contribution is 0.261. The minimum absolute atomic E-state index is 0.723. The second kappa shape index (κ2) is 6.64. The van der Waals surface area contributed by atoms with Gasteiger partial charge in [-0.2, -0.15) is 0 Å². The van der Waals surface area contributed by atoms with E-state index in [2.05, 4.69) is 20.8 Å². The van der Waals surface area contributed by atoms with Crippen LogP contribution in [0.25, 0.3) is 6.08 Å². The van der Waals surface area contributed by atoms with Crippen LogP contribution in [0.5, 0.6) is 5.75 Å². The minimum atomic E-state index is 0.723. The van der Waals surface area contributed by atoms with Crippen molar-refractivity contribution in [3.63, 3.8) is 0 Å². The van der Waals surface area contributed by atoms with Crippen LogP contribution < -0.4 is 4.74 Å². The maximum Gasteiger partial charge on any atom is 0.119 e. The Labute approximate surface area is 99.7 Å². The largest absolute Gasteiger partial charge is 0.492 e. The molecule has 0 bridgehead atoms. The van der Waals surface area contributed by atoms with E-state index in [0.717, 1.165) is 24.5 Å². The Hall–Kier alpha value is -0.800. The second-order valence-corrected chi connectivity index (χ2v) is 4.04. The van der Waals surface area contributed by atoms with E-state index < -0.39 is 0 Å². The molecule has 0 heterocycles. The number of hydrogen-bond acceptors (Lipinski definition) is 2. The summed E-state index contributed by atoms with van der Waals surface area (Å²) < 4.78 is 5.57. The molecule has 0 atom stereocenters. The van der Waals surface area contributed by atoms with Crippen LogP contribution in [0.4, 0.5) is 0 Å². The van der Waals surface area contributed by atoms with Crippen LogP contribution in [0.1, 0.15) is 5.56 Å². The molecule has 0 saturated carbocycles. The normalized spacial score (nSPS) is 11.2. The highest BCUT2D eigenvalue weighted by Crippen LogP contribution is 2.13. The first kappa shape index (κ1) is 12.3. The third-order valence-electron chi connectivity index (χ3n) is 1.94. The number of benzene rings is 1. The molecular weight excluding hydrogens is 254 g/mol. The van der Waals surface area contributed by atoms with Crippen molar-refractivity contribution in [2.75, 3.05) is 27.2 Å². The fourth-order valence-corrected chi connectivity index (χ4v) is 1.40. The molecule has 0 aliphatic carbocycles. The van der Waals surface area contributed by atoms with Gasteiger partial charge in [-0.3, -0.25) is 0 Å². The van der Waals surface area contributed by atoms with Crippen molar-refractivity contribution in [2.24, 2.45) is 0 Å². The molecule has 2 nitrogen and oxygen atoms in total. The maximum absolute atomic E-state index is 5.57. The summed E-state index contributed by atoms with van der Waals surface area (Å²) in [6.45, 7) is 1.66. The molecule has 0 aliphatic heterocycles. The SMILES string of the molecule is CN(C)CCOc1ccc(/C=C/Br)cc1. The van der Waals surface area contributed by atoms with Crippen LogP contribution in [0.15, 0.2) is 29.3 Å². The number of rotatable bonds is 5. The molecule has 0 radical (unpaired) electrons. The van der Waals surface area contributed by atoms with Crippen molar-refractivity contribution in [3.8, 4) is 5.75 Å². The number of ether oxygens (including phenoxy) is 1. The summed E-state index contributed by atoms with van der Waals surface area (Å²) in [4.78, 5) is 3.94. The molecule has 1 aromatic carbocycles. The van der Waals surface area contributed by atoms with Crippen molar-refractivity contribution in [1.29, 1.82) is 0 Å². The third-order valence-corrected chi connectivity index (χ3v) is 2.21. The van der Waals surface area contributed by atoms with Crippen LogP contribution in [0.3, 0.4) is 0 Å². The Bertz CT molecular complexity index is 306. The molecule has 0 unspecified atom stereocenters. The molecule has 82 valence electrons. The zero-order valence-electron chi connectivity index (χ0n) is 9.11. The topological polar surface area (TPSA) is 12.5 Å². The van der Waals surface area contributed by atoms with Crippen LogP contribution in [-0.2, 0) is 0 Å². The van der Waals surface area contributed by atoms with Gasteiger partial charge in [0.05, 0.1) is 0 Å². The molecule has 1 aromatic rings. The molecule has 0 aromatic heterocycles. The average Bonchev–Trinajstić information content (AvgIpc) is 2.20. The third kappa shape index (κ3) is 5.00. The van der Waals surface area contributed by atoms with Gasteiger partial charge in [0.25, 0.3) is 0 Å². The van der Waals surface area contributed by atoms with Crippen molar-refractivity contribution in [1.82, 2.24) is 4.90 Å². The van der Waals surface area contributed by atoms with Gasteiger partial charge in [-0.1, -0.05) is 28.1 Å². The van der Waals surface area contributed by atoms with Gasteiger partial charge < -0.3 is 9.64 Å². The first-order valence-corrected chi connectivity index (χ1v) is 5.78. The summed E-state index contributed by atoms with van der Waals surface area (Å²) in [6, 6.07) is 8.03. The smallest absolute Gasteiger partial charge is 0.119 e. The Morgan fingerprint density at radius 3 is 2.47 bits per heavy atom. The number of likely N-dealkylation sites (N-methyl/N-ethyl adjacent to an activating group) is 1. The van der Waals surface area contributed by atoms with Gasteiger partial charge in [0.15, 0.2) is 0 Å². The maximum atomic E-state index is 5.57. The van der Waals surface area contributed by atoms with Gasteiger partial charge in [-0.05, 0) is 42.9 Å². The first-order chi connectivity index (χ1) is 7.22. The van der Waals surface area contributed by atoms with Crippen molar-refractivity contribution in [2.45, 2.75) is 0 Å². The number of halogens is 1. The van der Waals surface area contributed by atoms with Crippen LogP contribution in [-0.4, -0.2) is 32.1 Å². The highest BCUT2D eigenvalue weighted by atomic mass is 79.9. The van der Waals surface area contributed by atoms with Crippen molar-refractivity contribution >= 4 is 22.0 Å². The van der Waals surface area contributed by atoms with Gasteiger partial charge >= 0.3 is 0 Å². The summed E-state index contributed by atoms with van der Waals surface area (Å²) in [5.41, 5.74) is 1.16. The summed E-state index contributed by atoms with van der Waals surface area (Å²) >= 11 is 3.25. The van der Waals surface area contributed by atoms with E-state index in [9.17, 15) is 0 Å². The van der Waals surface area contributed by atoms with Crippen LogP contribution >= 0.6 is 15.9 Å². The lowest BCUT2D eigenvalue weighted by atomic mass is 10.2. The van der Waals surface area contributed by atoms with Gasteiger partial charge in [-0.25, -0.2) is 0 Å². The molecule has 15 heavy (non-hydrogen) atoms. The van der Waals surface area contributed by atoms with Gasteiger partial charge in [0, 0.05) is 6.54 Å². The quantitative estimate of drug-likeness (QED) is 0.815. The second-order valence-electron chi connectivity index (χ2n) is 3.51. The van der Waals surface area contributed by atoms with E-state index in [-0.39, 0.29) is 0 Å². The zero-order chi connectivity index (χ0) is 11.1. The Morgan fingerprint density at radius 2 is 1.93 bits per heavy atom. The van der Waals surface area contributed by atoms with E-state index in [1.165, 1.54) is 0 Å². The fraction of sp³-hybridized carbons (Fsp3) is 0.333. The summed E-state index contributed by atoms with van der Waals surface area (Å²) in [5.74, 6) is 0.920. The lowest BCUT2D eigenvalue weighted by Crippen LogP contribution is -2.19. The van der Waals surface area contributed by atoms with Crippen LogP contribution in [0, 0.1) is 0 Å². The molecular formula is C12H16BrNO. The van der Waals surface area contributed by atoms with Crippen molar-refractivity contribution in [3.05, 3.63) is 34.8 Å². The predicted octanol–water partition coefficient (Wildman–Crippen LogP) is 2.99. The molecule has 0 N–H and O–H groups in total. The fourth-order valence-electron chi connectivity index (χ4n) is 1.09. The molecule has 0 aliphatic rings. The molecule has 0 saturated heterocycles. The monoisotopic (exact) mass is 269 g/mol. The van der Waals surface area contributed by atoms with Crippen molar-refractivity contribution < 1.29 is 4.74 Å². The highest BCUT2D eigenvalue weighted by Gasteiger charge is 1.94. The molecule has 0 amide bonds. The number of hydrogen-bond donors (Lipinski definition) is 0. The van der Waals surface area contributed by atoms with E-state index >= 15 is 0 Å². The predicted molar refractivity (Wildman–Crippen MR) is 68.5 cm³/mol. The van der Waals surface area contributed by atoms with Gasteiger partial charge in [0.1, 0.15) is 12.4 Å². The first-order valence-electron chi connectivity index (χ1n) is 4.87. The van der Waals surface area contributed by atoms with Gasteiger partial charge in [0.2, 0.25) is 0 Å². The standard InChI is InChI=1S/C12H16BrNO/c1-14(2)9-10-15-12-5-3-11(4-6-12)7-8-13/h3-8H,9-10H2,1-2H3/b8-7+. The Kier molecular flexibility index (Phi) is 5.43. The molecule has 0 spiro atoms. The molecule has 3 heteroatoms. The lowest BCUT2D eigenvalue weighted by Gasteiger charge is -2.10. The average molecular weight is 270 g/mol. The molecule has 1 rings (SSSR count). The minimum Gasteiger partial charge on any atom is -0.492 e.